The van der Waals surface area contributed by atoms with Gasteiger partial charge in [-0.2, -0.15) is 0 Å². The van der Waals surface area contributed by atoms with Crippen molar-refractivity contribution in [3.8, 4) is 0 Å². The van der Waals surface area contributed by atoms with Gasteiger partial charge in [0.25, 0.3) is 0 Å². The molecule has 130 valence electrons. The first-order valence-corrected chi connectivity index (χ1v) is 8.73. The lowest BCUT2D eigenvalue weighted by Crippen LogP contribution is -2.54. The van der Waals surface area contributed by atoms with Gasteiger partial charge >= 0.3 is 0 Å². The van der Waals surface area contributed by atoms with Crippen molar-refractivity contribution in [1.82, 2.24) is 9.80 Å². The van der Waals surface area contributed by atoms with E-state index in [0.29, 0.717) is 5.91 Å². The average Bonchev–Trinajstić information content (AvgIpc) is 2.45. The lowest BCUT2D eigenvalue weighted by atomic mass is 9.86. The molecule has 1 saturated carbocycles. The molecule has 0 aromatic carbocycles. The van der Waals surface area contributed by atoms with E-state index < -0.39 is 0 Å². The lowest BCUT2D eigenvalue weighted by molar-refractivity contribution is -0.133. The predicted molar refractivity (Wildman–Crippen MR) is 94.3 cm³/mol. The Morgan fingerprint density at radius 1 is 1.09 bits per heavy atom. The highest BCUT2D eigenvalue weighted by molar-refractivity contribution is 5.85. The number of amides is 1. The molecule has 0 atom stereocenters. The number of rotatable bonds is 5. The molecule has 0 radical (unpaired) electrons. The SMILES string of the molecule is CC(C)(N)CN1CCN(C(=O)CCC2CCCCC2)CC1.Cl. The summed E-state index contributed by atoms with van der Waals surface area (Å²) in [5, 5.41) is 0. The number of carbonyl (C=O) groups is 1. The molecule has 0 aromatic rings. The van der Waals surface area contributed by atoms with Crippen LogP contribution in [0.25, 0.3) is 0 Å². The molecule has 1 saturated heterocycles. The molecule has 1 aliphatic carbocycles. The summed E-state index contributed by atoms with van der Waals surface area (Å²) in [4.78, 5) is 16.8. The van der Waals surface area contributed by atoms with Gasteiger partial charge in [0.15, 0.2) is 0 Å². The first-order chi connectivity index (χ1) is 9.94. The first kappa shape index (κ1) is 19.7. The quantitative estimate of drug-likeness (QED) is 0.842. The average molecular weight is 332 g/mol. The second-order valence-corrected chi connectivity index (χ2v) is 7.69. The second-order valence-electron chi connectivity index (χ2n) is 7.69. The van der Waals surface area contributed by atoms with Crippen LogP contribution in [-0.4, -0.2) is 54.0 Å². The van der Waals surface area contributed by atoms with Crippen molar-refractivity contribution in [1.29, 1.82) is 0 Å². The number of nitrogens with zero attached hydrogens (tertiary/aromatic N) is 2. The van der Waals surface area contributed by atoms with Crippen LogP contribution in [0.15, 0.2) is 0 Å². The molecule has 1 heterocycles. The Balaban J connectivity index is 0.00000242. The molecule has 2 fully saturated rings. The largest absolute Gasteiger partial charge is 0.340 e. The Bertz CT molecular complexity index is 329. The number of hydrogen-bond acceptors (Lipinski definition) is 3. The van der Waals surface area contributed by atoms with Gasteiger partial charge in [-0.3, -0.25) is 9.69 Å². The molecule has 0 aromatic heterocycles. The summed E-state index contributed by atoms with van der Waals surface area (Å²) in [6, 6.07) is 0. The van der Waals surface area contributed by atoms with Crippen molar-refractivity contribution in [2.75, 3.05) is 32.7 Å². The van der Waals surface area contributed by atoms with Gasteiger partial charge in [0.05, 0.1) is 0 Å². The number of piperazine rings is 1. The van der Waals surface area contributed by atoms with Crippen molar-refractivity contribution in [3.05, 3.63) is 0 Å². The summed E-state index contributed by atoms with van der Waals surface area (Å²) in [6.07, 6.45) is 8.67. The van der Waals surface area contributed by atoms with Crippen molar-refractivity contribution in [2.45, 2.75) is 64.3 Å². The summed E-state index contributed by atoms with van der Waals surface area (Å²) >= 11 is 0. The summed E-state index contributed by atoms with van der Waals surface area (Å²) in [5.41, 5.74) is 5.92. The summed E-state index contributed by atoms with van der Waals surface area (Å²) in [6.45, 7) is 8.73. The molecule has 0 bridgehead atoms. The monoisotopic (exact) mass is 331 g/mol. The fourth-order valence-corrected chi connectivity index (χ4v) is 3.69. The highest BCUT2D eigenvalue weighted by Gasteiger charge is 2.24. The van der Waals surface area contributed by atoms with E-state index >= 15 is 0 Å². The number of hydrogen-bond donors (Lipinski definition) is 1. The Kier molecular flexibility index (Phi) is 8.15. The summed E-state index contributed by atoms with van der Waals surface area (Å²) < 4.78 is 0. The molecule has 2 N–H and O–H groups in total. The molecule has 2 aliphatic rings. The van der Waals surface area contributed by atoms with Crippen LogP contribution in [0.4, 0.5) is 0 Å². The molecule has 2 rings (SSSR count). The van der Waals surface area contributed by atoms with E-state index in [1.54, 1.807) is 0 Å². The van der Waals surface area contributed by atoms with Gasteiger partial charge < -0.3 is 10.6 Å². The van der Waals surface area contributed by atoms with Gasteiger partial charge in [-0.25, -0.2) is 0 Å². The third-order valence-corrected chi connectivity index (χ3v) is 4.85. The summed E-state index contributed by atoms with van der Waals surface area (Å²) in [5.74, 6) is 1.18. The first-order valence-electron chi connectivity index (χ1n) is 8.73. The Hall–Kier alpha value is -0.320. The smallest absolute Gasteiger partial charge is 0.222 e. The second kappa shape index (κ2) is 9.09. The van der Waals surface area contributed by atoms with Crippen LogP contribution in [0.3, 0.4) is 0 Å². The van der Waals surface area contributed by atoms with Crippen LogP contribution in [0.2, 0.25) is 0 Å². The zero-order valence-electron chi connectivity index (χ0n) is 14.4. The van der Waals surface area contributed by atoms with Gasteiger partial charge in [0.2, 0.25) is 5.91 Å². The van der Waals surface area contributed by atoms with Gasteiger partial charge in [-0.05, 0) is 26.2 Å². The highest BCUT2D eigenvalue weighted by atomic mass is 35.5. The summed E-state index contributed by atoms with van der Waals surface area (Å²) in [7, 11) is 0. The number of halogens is 1. The van der Waals surface area contributed by atoms with Crippen LogP contribution >= 0.6 is 12.4 Å². The molecule has 5 heteroatoms. The minimum Gasteiger partial charge on any atom is -0.340 e. The van der Waals surface area contributed by atoms with E-state index in [2.05, 4.69) is 23.6 Å². The van der Waals surface area contributed by atoms with Crippen molar-refractivity contribution in [2.24, 2.45) is 11.7 Å². The highest BCUT2D eigenvalue weighted by Crippen LogP contribution is 2.27. The van der Waals surface area contributed by atoms with Gasteiger partial charge in [-0.15, -0.1) is 12.4 Å². The van der Waals surface area contributed by atoms with E-state index in [0.717, 1.165) is 51.5 Å². The van der Waals surface area contributed by atoms with E-state index in [4.69, 9.17) is 5.73 Å². The molecular formula is C17H34ClN3O. The Morgan fingerprint density at radius 3 is 2.23 bits per heavy atom. The minimum atomic E-state index is -0.146. The topological polar surface area (TPSA) is 49.6 Å². The minimum absolute atomic E-state index is 0. The molecule has 1 aliphatic heterocycles. The number of carbonyl (C=O) groups excluding carboxylic acids is 1. The maximum atomic E-state index is 12.3. The number of nitrogens with two attached hydrogens (primary N) is 1. The van der Waals surface area contributed by atoms with Crippen molar-refractivity contribution >= 4 is 18.3 Å². The van der Waals surface area contributed by atoms with Crippen molar-refractivity contribution in [3.63, 3.8) is 0 Å². The van der Waals surface area contributed by atoms with E-state index in [1.165, 1.54) is 32.1 Å². The van der Waals surface area contributed by atoms with E-state index in [9.17, 15) is 4.79 Å². The van der Waals surface area contributed by atoms with Crippen LogP contribution in [0.1, 0.15) is 58.8 Å². The molecule has 22 heavy (non-hydrogen) atoms. The molecule has 0 spiro atoms. The maximum Gasteiger partial charge on any atom is 0.222 e. The van der Waals surface area contributed by atoms with Crippen molar-refractivity contribution < 1.29 is 4.79 Å². The predicted octanol–water partition coefficient (Wildman–Crippen LogP) is 2.65. The van der Waals surface area contributed by atoms with Crippen LogP contribution in [0.5, 0.6) is 0 Å². The Labute approximate surface area is 142 Å². The zero-order chi connectivity index (χ0) is 15.3. The molecule has 4 nitrogen and oxygen atoms in total. The van der Waals surface area contributed by atoms with Crippen LogP contribution < -0.4 is 5.73 Å². The third kappa shape index (κ3) is 6.84. The molecule has 0 unspecified atom stereocenters. The van der Waals surface area contributed by atoms with Gasteiger partial charge in [-0.1, -0.05) is 32.1 Å². The fraction of sp³-hybridized carbons (Fsp3) is 0.941. The van der Waals surface area contributed by atoms with Gasteiger partial charge in [0, 0.05) is 44.7 Å². The van der Waals surface area contributed by atoms with E-state index in [-0.39, 0.29) is 17.9 Å². The molecular weight excluding hydrogens is 298 g/mol. The maximum absolute atomic E-state index is 12.3. The standard InChI is InChI=1S/C17H33N3O.ClH/c1-17(2,18)14-19-10-12-20(13-11-19)16(21)9-8-15-6-4-3-5-7-15;/h15H,3-14,18H2,1-2H3;1H. The lowest BCUT2D eigenvalue weighted by Gasteiger charge is -2.38. The zero-order valence-corrected chi connectivity index (χ0v) is 15.2. The molecule has 1 amide bonds. The van der Waals surface area contributed by atoms with E-state index in [1.807, 2.05) is 0 Å². The third-order valence-electron chi connectivity index (χ3n) is 4.85. The van der Waals surface area contributed by atoms with Gasteiger partial charge in [0.1, 0.15) is 0 Å². The Morgan fingerprint density at radius 2 is 1.68 bits per heavy atom. The normalized spacial score (nSPS) is 21.5. The van der Waals surface area contributed by atoms with Crippen LogP contribution in [0, 0.1) is 5.92 Å². The fourth-order valence-electron chi connectivity index (χ4n) is 3.69. The van der Waals surface area contributed by atoms with Crippen LogP contribution in [-0.2, 0) is 4.79 Å².